The van der Waals surface area contributed by atoms with Crippen LogP contribution in [0, 0.1) is 15.5 Å². The predicted octanol–water partition coefficient (Wildman–Crippen LogP) is 4.90. The minimum atomic E-state index is -4.43. The molecule has 47 heavy (non-hydrogen) atoms. The number of carbonyl (C=O) groups excluding carboxylic acids is 2. The van der Waals surface area contributed by atoms with Crippen molar-refractivity contribution in [2.24, 2.45) is 0 Å². The highest BCUT2D eigenvalue weighted by atomic mass is 127. The monoisotopic (exact) mass is 760 g/mol. The van der Waals surface area contributed by atoms with Gasteiger partial charge in [0.25, 0.3) is 0 Å². The number of methoxy groups -OCH3 is 2. The average Bonchev–Trinajstić information content (AvgIpc) is 3.55. The smallest absolute Gasteiger partial charge is 0.416 e. The predicted molar refractivity (Wildman–Crippen MR) is 177 cm³/mol. The first-order valence-electron chi connectivity index (χ1n) is 14.2. The van der Waals surface area contributed by atoms with Crippen molar-refractivity contribution in [3.63, 3.8) is 0 Å². The maximum atomic E-state index is 12.9. The van der Waals surface area contributed by atoms with Crippen LogP contribution in [-0.2, 0) is 38.3 Å². The number of alkyl halides is 3. The summed E-state index contributed by atoms with van der Waals surface area (Å²) in [5, 5.41) is 0. The quantitative estimate of drug-likeness (QED) is 0.125. The van der Waals surface area contributed by atoms with Gasteiger partial charge in [-0.15, -0.1) is 0 Å². The molecular weight excluding hydrogens is 728 g/mol. The highest BCUT2D eigenvalue weighted by molar-refractivity contribution is 14.1. The van der Waals surface area contributed by atoms with Gasteiger partial charge in [0.05, 0.1) is 44.3 Å². The van der Waals surface area contributed by atoms with Crippen LogP contribution >= 0.6 is 22.6 Å². The Balaban J connectivity index is 0.000000238. The van der Waals surface area contributed by atoms with Gasteiger partial charge >= 0.3 is 18.1 Å². The molecule has 0 aliphatic heterocycles. The van der Waals surface area contributed by atoms with E-state index in [0.717, 1.165) is 27.2 Å². The van der Waals surface area contributed by atoms with Gasteiger partial charge in [0.15, 0.2) is 0 Å². The maximum Gasteiger partial charge on any atom is 0.416 e. The summed E-state index contributed by atoms with van der Waals surface area (Å²) in [6.07, 6.45) is -0.668. The summed E-state index contributed by atoms with van der Waals surface area (Å²) in [5.41, 5.74) is 3.20. The van der Waals surface area contributed by atoms with E-state index in [9.17, 15) is 22.8 Å². The zero-order valence-corrected chi connectivity index (χ0v) is 28.2. The van der Waals surface area contributed by atoms with Crippen LogP contribution in [0.25, 0.3) is 11.3 Å². The second kappa shape index (κ2) is 15.9. The van der Waals surface area contributed by atoms with E-state index in [2.05, 4.69) is 53.9 Å². The number of imidazole rings is 2. The third-order valence-corrected chi connectivity index (χ3v) is 7.89. The van der Waals surface area contributed by atoms with E-state index in [0.29, 0.717) is 30.1 Å². The Morgan fingerprint density at radius 3 is 1.94 bits per heavy atom. The van der Waals surface area contributed by atoms with E-state index in [1.165, 1.54) is 26.4 Å². The van der Waals surface area contributed by atoms with Gasteiger partial charge in [-0.25, -0.2) is 9.97 Å². The fourth-order valence-electron chi connectivity index (χ4n) is 4.50. The van der Waals surface area contributed by atoms with Crippen molar-refractivity contribution < 1.29 is 32.2 Å². The number of fused-ring (bicyclic) bond motifs is 2. The Bertz CT molecular complexity index is 1930. The molecule has 5 rings (SSSR count). The number of halogens is 4. The molecule has 14 heteroatoms. The zero-order chi connectivity index (χ0) is 34.1. The highest BCUT2D eigenvalue weighted by Gasteiger charge is 2.30. The van der Waals surface area contributed by atoms with E-state index in [4.69, 9.17) is 0 Å². The number of ether oxygens (including phenoxy) is 2. The second-order valence-corrected chi connectivity index (χ2v) is 11.5. The molecule has 0 unspecified atom stereocenters. The van der Waals surface area contributed by atoms with Crippen molar-refractivity contribution in [2.75, 3.05) is 41.4 Å². The SMILES string of the molecule is COC(=O)CN(C)Cc1nc2ccccn2c1C#Cc1cccc(C(F)(F)F)c1.COC(=O)CN(C)Cc1nc2ccccn2c1I. The van der Waals surface area contributed by atoms with Gasteiger partial charge in [0.2, 0.25) is 0 Å². The third kappa shape index (κ3) is 9.53. The summed E-state index contributed by atoms with van der Waals surface area (Å²) in [5.74, 6) is 5.12. The number of rotatable bonds is 8. The number of likely N-dealkylation sites (N-methyl/N-ethyl adjacent to an activating group) is 2. The number of esters is 2. The topological polar surface area (TPSA) is 93.7 Å². The molecule has 0 saturated heterocycles. The summed E-state index contributed by atoms with van der Waals surface area (Å²) < 4.78 is 52.9. The molecule has 0 fully saturated rings. The lowest BCUT2D eigenvalue weighted by molar-refractivity contribution is -0.142. The molecule has 0 amide bonds. The van der Waals surface area contributed by atoms with Gasteiger partial charge < -0.3 is 9.47 Å². The van der Waals surface area contributed by atoms with E-state index < -0.39 is 11.7 Å². The van der Waals surface area contributed by atoms with Crippen molar-refractivity contribution >= 4 is 45.8 Å². The summed E-state index contributed by atoms with van der Waals surface area (Å²) in [6, 6.07) is 16.2. The highest BCUT2D eigenvalue weighted by Crippen LogP contribution is 2.29. The van der Waals surface area contributed by atoms with Crippen LogP contribution in [-0.4, -0.2) is 81.9 Å². The molecule has 5 aromatic rings. The first kappa shape index (κ1) is 35.4. The maximum absolute atomic E-state index is 12.9. The molecule has 0 aliphatic carbocycles. The molecule has 0 radical (unpaired) electrons. The largest absolute Gasteiger partial charge is 0.468 e. The summed E-state index contributed by atoms with van der Waals surface area (Å²) in [7, 11) is 6.32. The van der Waals surface area contributed by atoms with Crippen LogP contribution in [0.4, 0.5) is 13.2 Å². The molecule has 0 N–H and O–H groups in total. The van der Waals surface area contributed by atoms with Crippen LogP contribution < -0.4 is 0 Å². The van der Waals surface area contributed by atoms with E-state index in [1.54, 1.807) is 28.6 Å². The fourth-order valence-corrected chi connectivity index (χ4v) is 5.20. The normalized spacial score (nSPS) is 11.3. The van der Waals surface area contributed by atoms with Gasteiger partial charge in [-0.1, -0.05) is 24.1 Å². The first-order chi connectivity index (χ1) is 22.4. The van der Waals surface area contributed by atoms with Crippen molar-refractivity contribution in [2.45, 2.75) is 19.3 Å². The Morgan fingerprint density at radius 1 is 0.809 bits per heavy atom. The number of aromatic nitrogens is 4. The number of benzene rings is 1. The number of nitrogens with zero attached hydrogens (tertiary/aromatic N) is 6. The molecule has 246 valence electrons. The Kier molecular flexibility index (Phi) is 12.0. The van der Waals surface area contributed by atoms with Crippen molar-refractivity contribution in [3.8, 4) is 11.8 Å². The van der Waals surface area contributed by atoms with Gasteiger partial charge in [0.1, 0.15) is 20.7 Å². The van der Waals surface area contributed by atoms with E-state index >= 15 is 0 Å². The summed E-state index contributed by atoms with van der Waals surface area (Å²) >= 11 is 2.27. The standard InChI is InChI=1S/C21H18F3N3O2.C12H14IN3O2/c1-26(14-20(28)29-2)13-17-18(27-11-4-3-8-19(27)25-17)10-9-15-6-5-7-16(12-15)21(22,23)24;1-15(8-11(17)18-2)7-9-12(13)16-6-4-3-5-10(16)14-9/h3-8,11-12H,13-14H2,1-2H3;3-6H,7-8H2,1-2H3. The molecule has 4 aromatic heterocycles. The van der Waals surface area contributed by atoms with Crippen molar-refractivity contribution in [1.29, 1.82) is 0 Å². The average molecular weight is 761 g/mol. The molecule has 0 bridgehead atoms. The van der Waals surface area contributed by atoms with E-state index in [-0.39, 0.29) is 30.6 Å². The zero-order valence-electron chi connectivity index (χ0n) is 26.1. The third-order valence-electron chi connectivity index (χ3n) is 6.75. The minimum Gasteiger partial charge on any atom is -0.468 e. The molecule has 0 saturated carbocycles. The molecule has 1 aromatic carbocycles. The van der Waals surface area contributed by atoms with Crippen molar-refractivity contribution in [3.05, 3.63) is 105 Å². The fraction of sp³-hybridized carbons (Fsp3) is 0.273. The van der Waals surface area contributed by atoms with Crippen LogP contribution in [0.15, 0.2) is 73.1 Å². The molecule has 4 heterocycles. The Morgan fingerprint density at radius 2 is 1.36 bits per heavy atom. The Hall–Kier alpha value is -4.46. The lowest BCUT2D eigenvalue weighted by atomic mass is 10.1. The number of hydrogen-bond acceptors (Lipinski definition) is 8. The molecule has 0 aliphatic rings. The molecular formula is C33H32F3IN6O4. The molecule has 0 spiro atoms. The van der Waals surface area contributed by atoms with Crippen LogP contribution in [0.3, 0.4) is 0 Å². The van der Waals surface area contributed by atoms with Gasteiger partial charge in [-0.05, 0) is 85.1 Å². The number of carbonyl (C=O) groups is 2. The van der Waals surface area contributed by atoms with Crippen molar-refractivity contribution in [1.82, 2.24) is 28.6 Å². The van der Waals surface area contributed by atoms with Crippen LogP contribution in [0.5, 0.6) is 0 Å². The minimum absolute atomic E-state index is 0.0743. The lowest BCUT2D eigenvalue weighted by Gasteiger charge is -2.13. The first-order valence-corrected chi connectivity index (χ1v) is 15.2. The lowest BCUT2D eigenvalue weighted by Crippen LogP contribution is -2.26. The number of hydrogen-bond donors (Lipinski definition) is 0. The van der Waals surface area contributed by atoms with Gasteiger partial charge in [0, 0.05) is 31.0 Å². The molecule has 10 nitrogen and oxygen atoms in total. The van der Waals surface area contributed by atoms with Gasteiger partial charge in [-0.3, -0.25) is 28.2 Å². The van der Waals surface area contributed by atoms with Crippen LogP contribution in [0.2, 0.25) is 0 Å². The number of pyridine rings is 2. The second-order valence-electron chi connectivity index (χ2n) is 10.4. The Labute approximate surface area is 283 Å². The van der Waals surface area contributed by atoms with Crippen LogP contribution in [0.1, 0.15) is 28.2 Å². The van der Waals surface area contributed by atoms with E-state index in [1.807, 2.05) is 52.9 Å². The summed E-state index contributed by atoms with van der Waals surface area (Å²) in [4.78, 5) is 35.4. The summed E-state index contributed by atoms with van der Waals surface area (Å²) in [6.45, 7) is 1.28. The van der Waals surface area contributed by atoms with Gasteiger partial charge in [-0.2, -0.15) is 13.2 Å². The molecule has 0 atom stereocenters.